The van der Waals surface area contributed by atoms with Crippen LogP contribution in [0.3, 0.4) is 0 Å². The van der Waals surface area contributed by atoms with Gasteiger partial charge in [-0.2, -0.15) is 5.10 Å². The van der Waals surface area contributed by atoms with Gasteiger partial charge in [0.15, 0.2) is 5.65 Å². The minimum Gasteiger partial charge on any atom is -0.349 e. The van der Waals surface area contributed by atoms with Crippen LogP contribution in [-0.4, -0.2) is 26.5 Å². The molecule has 0 spiro atoms. The van der Waals surface area contributed by atoms with Crippen LogP contribution in [0.5, 0.6) is 0 Å². The molecule has 5 heteroatoms. The molecular formula is C21H28N4O. The number of aromatic nitrogens is 3. The summed E-state index contributed by atoms with van der Waals surface area (Å²) >= 11 is 0. The van der Waals surface area contributed by atoms with Crippen LogP contribution >= 0.6 is 0 Å². The van der Waals surface area contributed by atoms with Crippen molar-refractivity contribution < 1.29 is 4.79 Å². The number of fused-ring (bicyclic) bond motifs is 1. The van der Waals surface area contributed by atoms with Gasteiger partial charge >= 0.3 is 0 Å². The lowest BCUT2D eigenvalue weighted by atomic mass is 9.48. The number of carbonyl (C=O) groups is 1. The fourth-order valence-corrected chi connectivity index (χ4v) is 6.52. The summed E-state index contributed by atoms with van der Waals surface area (Å²) in [6, 6.07) is 2.16. The van der Waals surface area contributed by atoms with E-state index in [2.05, 4.69) is 22.3 Å². The molecule has 4 aliphatic carbocycles. The second-order valence-electron chi connectivity index (χ2n) is 9.29. The highest BCUT2D eigenvalue weighted by atomic mass is 16.1. The van der Waals surface area contributed by atoms with Gasteiger partial charge in [0.25, 0.3) is 5.91 Å². The summed E-state index contributed by atoms with van der Waals surface area (Å²) in [7, 11) is 0. The lowest BCUT2D eigenvalue weighted by Crippen LogP contribution is -2.55. The Bertz CT molecular complexity index is 848. The first-order valence-electron chi connectivity index (χ1n) is 10.1. The van der Waals surface area contributed by atoms with Crippen LogP contribution in [0, 0.1) is 37.0 Å². The van der Waals surface area contributed by atoms with E-state index in [1.807, 2.05) is 19.9 Å². The minimum absolute atomic E-state index is 0.00621. The van der Waals surface area contributed by atoms with Gasteiger partial charge in [-0.25, -0.2) is 9.50 Å². The molecule has 5 nitrogen and oxygen atoms in total. The van der Waals surface area contributed by atoms with Gasteiger partial charge in [0.2, 0.25) is 0 Å². The van der Waals surface area contributed by atoms with E-state index < -0.39 is 0 Å². The Hall–Kier alpha value is -1.91. The third kappa shape index (κ3) is 2.39. The number of rotatable bonds is 3. The molecule has 4 fully saturated rings. The Morgan fingerprint density at radius 3 is 2.42 bits per heavy atom. The van der Waals surface area contributed by atoms with E-state index in [0.29, 0.717) is 11.0 Å². The molecule has 26 heavy (non-hydrogen) atoms. The van der Waals surface area contributed by atoms with Gasteiger partial charge < -0.3 is 5.32 Å². The molecule has 2 heterocycles. The highest BCUT2D eigenvalue weighted by Gasteiger charge is 2.53. The molecule has 2 aromatic heterocycles. The van der Waals surface area contributed by atoms with Crippen LogP contribution in [0.4, 0.5) is 0 Å². The van der Waals surface area contributed by atoms with Gasteiger partial charge in [-0.3, -0.25) is 4.79 Å². The predicted molar refractivity (Wildman–Crippen MR) is 100.0 cm³/mol. The molecule has 2 aromatic rings. The standard InChI is InChI=1S/C21H28N4O/c1-12-4-19-22-11-18(13(2)25(19)24-12)20(26)23-14(3)21-8-15-5-16(9-21)7-17(6-15)10-21/h4,11,14-17H,5-10H2,1-3H3,(H,23,26). The van der Waals surface area contributed by atoms with Crippen LogP contribution in [0.1, 0.15) is 67.2 Å². The van der Waals surface area contributed by atoms with E-state index in [1.165, 1.54) is 38.5 Å². The van der Waals surface area contributed by atoms with E-state index in [1.54, 1.807) is 10.7 Å². The predicted octanol–water partition coefficient (Wildman–Crippen LogP) is 3.68. The average Bonchev–Trinajstić information content (AvgIpc) is 2.95. The summed E-state index contributed by atoms with van der Waals surface area (Å²) < 4.78 is 1.78. The third-order valence-electron chi connectivity index (χ3n) is 7.44. The van der Waals surface area contributed by atoms with E-state index >= 15 is 0 Å². The van der Waals surface area contributed by atoms with E-state index in [9.17, 15) is 4.79 Å². The zero-order valence-corrected chi connectivity index (χ0v) is 16.0. The Morgan fingerprint density at radius 2 is 1.81 bits per heavy atom. The molecule has 4 aliphatic rings. The Morgan fingerprint density at radius 1 is 1.19 bits per heavy atom. The van der Waals surface area contributed by atoms with Crippen molar-refractivity contribution in [1.29, 1.82) is 0 Å². The van der Waals surface area contributed by atoms with E-state index in [4.69, 9.17) is 0 Å². The summed E-state index contributed by atoms with van der Waals surface area (Å²) in [5, 5.41) is 7.81. The van der Waals surface area contributed by atoms with Crippen LogP contribution in [-0.2, 0) is 0 Å². The number of nitrogens with zero attached hydrogens (tertiary/aromatic N) is 3. The topological polar surface area (TPSA) is 59.3 Å². The lowest BCUT2D eigenvalue weighted by Gasteiger charge is -2.59. The van der Waals surface area contributed by atoms with Crippen molar-refractivity contribution in [2.45, 2.75) is 65.3 Å². The van der Waals surface area contributed by atoms with Crippen molar-refractivity contribution in [3.63, 3.8) is 0 Å². The van der Waals surface area contributed by atoms with Gasteiger partial charge in [0.1, 0.15) is 0 Å². The fraction of sp³-hybridized carbons (Fsp3) is 0.667. The molecule has 0 aliphatic heterocycles. The molecule has 1 unspecified atom stereocenters. The molecule has 1 amide bonds. The molecule has 0 saturated heterocycles. The van der Waals surface area contributed by atoms with Crippen molar-refractivity contribution >= 4 is 11.6 Å². The fourth-order valence-electron chi connectivity index (χ4n) is 6.52. The Balaban J connectivity index is 1.39. The third-order valence-corrected chi connectivity index (χ3v) is 7.44. The highest BCUT2D eigenvalue weighted by molar-refractivity contribution is 5.95. The summed E-state index contributed by atoms with van der Waals surface area (Å²) in [6.45, 7) is 6.12. The van der Waals surface area contributed by atoms with Crippen molar-refractivity contribution in [3.05, 3.63) is 29.2 Å². The van der Waals surface area contributed by atoms with E-state index in [0.717, 1.165) is 34.8 Å². The zero-order chi connectivity index (χ0) is 18.1. The number of carbonyl (C=O) groups excluding carboxylic acids is 1. The van der Waals surface area contributed by atoms with Crippen LogP contribution in [0.25, 0.3) is 5.65 Å². The quantitative estimate of drug-likeness (QED) is 0.917. The molecular weight excluding hydrogens is 324 g/mol. The maximum atomic E-state index is 13.0. The van der Waals surface area contributed by atoms with Gasteiger partial charge in [0, 0.05) is 18.3 Å². The minimum atomic E-state index is -0.00621. The zero-order valence-electron chi connectivity index (χ0n) is 16.0. The maximum Gasteiger partial charge on any atom is 0.254 e. The summed E-state index contributed by atoms with van der Waals surface area (Å²) in [6.07, 6.45) is 9.89. The lowest BCUT2D eigenvalue weighted by molar-refractivity contribution is -0.0688. The molecule has 0 aromatic carbocycles. The van der Waals surface area contributed by atoms with Crippen molar-refractivity contribution in [2.24, 2.45) is 23.2 Å². The SMILES string of the molecule is Cc1cc2ncc(C(=O)NC(C)C34CC5CC(CC(C5)C3)C4)c(C)n2n1. The van der Waals surface area contributed by atoms with Gasteiger partial charge in [-0.05, 0) is 82.5 Å². The van der Waals surface area contributed by atoms with Crippen molar-refractivity contribution in [1.82, 2.24) is 19.9 Å². The van der Waals surface area contributed by atoms with Crippen molar-refractivity contribution in [3.8, 4) is 0 Å². The summed E-state index contributed by atoms with van der Waals surface area (Å²) in [5.41, 5.74) is 3.53. The largest absolute Gasteiger partial charge is 0.349 e. The Kier molecular flexibility index (Phi) is 3.47. The summed E-state index contributed by atoms with van der Waals surface area (Å²) in [5.74, 6) is 2.68. The monoisotopic (exact) mass is 352 g/mol. The number of amides is 1. The van der Waals surface area contributed by atoms with E-state index in [-0.39, 0.29) is 11.9 Å². The second kappa shape index (κ2) is 5.54. The van der Waals surface area contributed by atoms with Crippen LogP contribution in [0.2, 0.25) is 0 Å². The number of hydrogen-bond donors (Lipinski definition) is 1. The molecule has 4 bridgehead atoms. The Labute approximate surface area is 154 Å². The molecule has 1 N–H and O–H groups in total. The first kappa shape index (κ1) is 16.3. The average molecular weight is 352 g/mol. The molecule has 138 valence electrons. The normalized spacial score (nSPS) is 33.6. The molecule has 0 radical (unpaired) electrons. The summed E-state index contributed by atoms with van der Waals surface area (Å²) in [4.78, 5) is 17.5. The molecule has 1 atom stereocenters. The van der Waals surface area contributed by atoms with Crippen molar-refractivity contribution in [2.75, 3.05) is 0 Å². The van der Waals surface area contributed by atoms with Crippen LogP contribution < -0.4 is 5.32 Å². The number of nitrogens with one attached hydrogen (secondary N) is 1. The van der Waals surface area contributed by atoms with Gasteiger partial charge in [-0.1, -0.05) is 0 Å². The first-order valence-corrected chi connectivity index (χ1v) is 10.1. The van der Waals surface area contributed by atoms with Gasteiger partial charge in [-0.15, -0.1) is 0 Å². The maximum absolute atomic E-state index is 13.0. The molecule has 6 rings (SSSR count). The molecule has 4 saturated carbocycles. The first-order chi connectivity index (χ1) is 12.4. The van der Waals surface area contributed by atoms with Gasteiger partial charge in [0.05, 0.1) is 17.0 Å². The second-order valence-corrected chi connectivity index (χ2v) is 9.29. The highest BCUT2D eigenvalue weighted by Crippen LogP contribution is 2.61. The van der Waals surface area contributed by atoms with Crippen LogP contribution in [0.15, 0.2) is 12.3 Å². The number of aryl methyl sites for hydroxylation is 2. The smallest absolute Gasteiger partial charge is 0.254 e. The number of hydrogen-bond acceptors (Lipinski definition) is 3.